The predicted molar refractivity (Wildman–Crippen MR) is 88.8 cm³/mol. The Morgan fingerprint density at radius 3 is 2.30 bits per heavy atom. The number of rotatable bonds is 4. The van der Waals surface area contributed by atoms with Crippen molar-refractivity contribution in [2.75, 3.05) is 19.6 Å². The molecule has 5 heteroatoms. The number of nitrogens with zero attached hydrogens (tertiary/aromatic N) is 2. The molecule has 0 aliphatic carbocycles. The standard InChI is InChI=1S/C18H25N3O2/c19-17(22)15-8-6-14(7-9-15)13-21-12-2-1-5-16(21)18(23)20-10-3-4-11-20/h6-9,16H,1-5,10-13H2,(H2,19,22)/t16-/m1/s1. The number of carbonyl (C=O) groups excluding carboxylic acids is 2. The van der Waals surface area contributed by atoms with Crippen molar-refractivity contribution < 1.29 is 9.59 Å². The van der Waals surface area contributed by atoms with E-state index in [0.29, 0.717) is 11.5 Å². The smallest absolute Gasteiger partial charge is 0.248 e. The zero-order chi connectivity index (χ0) is 16.2. The molecule has 0 radical (unpaired) electrons. The van der Waals surface area contributed by atoms with Crippen LogP contribution in [0.4, 0.5) is 0 Å². The summed E-state index contributed by atoms with van der Waals surface area (Å²) in [4.78, 5) is 28.2. The van der Waals surface area contributed by atoms with Crippen LogP contribution >= 0.6 is 0 Å². The van der Waals surface area contributed by atoms with Gasteiger partial charge in [0.15, 0.2) is 0 Å². The van der Waals surface area contributed by atoms with Crippen LogP contribution in [0.3, 0.4) is 0 Å². The number of hydrogen-bond donors (Lipinski definition) is 1. The van der Waals surface area contributed by atoms with Gasteiger partial charge in [-0.1, -0.05) is 18.6 Å². The summed E-state index contributed by atoms with van der Waals surface area (Å²) >= 11 is 0. The van der Waals surface area contributed by atoms with Crippen LogP contribution in [0, 0.1) is 0 Å². The number of piperidine rings is 1. The van der Waals surface area contributed by atoms with Gasteiger partial charge < -0.3 is 10.6 Å². The minimum absolute atomic E-state index is 0.0117. The quantitative estimate of drug-likeness (QED) is 0.920. The van der Waals surface area contributed by atoms with E-state index < -0.39 is 5.91 Å². The monoisotopic (exact) mass is 315 g/mol. The second-order valence-electron chi connectivity index (χ2n) is 6.58. The first-order valence-electron chi connectivity index (χ1n) is 8.57. The Morgan fingerprint density at radius 2 is 1.65 bits per heavy atom. The first-order chi connectivity index (χ1) is 11.1. The van der Waals surface area contributed by atoms with E-state index in [0.717, 1.165) is 63.8 Å². The number of likely N-dealkylation sites (tertiary alicyclic amines) is 2. The molecule has 124 valence electrons. The van der Waals surface area contributed by atoms with Crippen LogP contribution in [0.25, 0.3) is 0 Å². The molecule has 0 spiro atoms. The Kier molecular flexibility index (Phi) is 4.96. The molecule has 2 aliphatic heterocycles. The molecule has 0 saturated carbocycles. The lowest BCUT2D eigenvalue weighted by atomic mass is 9.99. The maximum atomic E-state index is 12.8. The van der Waals surface area contributed by atoms with Crippen molar-refractivity contribution in [1.82, 2.24) is 9.80 Å². The van der Waals surface area contributed by atoms with E-state index in [2.05, 4.69) is 4.90 Å². The van der Waals surface area contributed by atoms with Crippen molar-refractivity contribution in [2.45, 2.75) is 44.7 Å². The van der Waals surface area contributed by atoms with Crippen molar-refractivity contribution in [3.8, 4) is 0 Å². The van der Waals surface area contributed by atoms with Gasteiger partial charge in [0.2, 0.25) is 11.8 Å². The Labute approximate surface area is 137 Å². The zero-order valence-corrected chi connectivity index (χ0v) is 13.5. The molecular formula is C18H25N3O2. The largest absolute Gasteiger partial charge is 0.366 e. The summed E-state index contributed by atoms with van der Waals surface area (Å²) in [6.07, 6.45) is 5.49. The van der Waals surface area contributed by atoms with Crippen LogP contribution in [0.1, 0.15) is 48.0 Å². The molecule has 2 aliphatic rings. The molecule has 3 rings (SSSR count). The van der Waals surface area contributed by atoms with Crippen molar-refractivity contribution in [2.24, 2.45) is 5.73 Å². The van der Waals surface area contributed by atoms with E-state index in [1.807, 2.05) is 17.0 Å². The summed E-state index contributed by atoms with van der Waals surface area (Å²) in [5, 5.41) is 0. The third-order valence-electron chi connectivity index (χ3n) is 4.94. The summed E-state index contributed by atoms with van der Waals surface area (Å²) in [7, 11) is 0. The minimum atomic E-state index is -0.406. The summed E-state index contributed by atoms with van der Waals surface area (Å²) in [6, 6.07) is 7.41. The number of hydrogen-bond acceptors (Lipinski definition) is 3. The highest BCUT2D eigenvalue weighted by molar-refractivity contribution is 5.92. The van der Waals surface area contributed by atoms with Crippen molar-refractivity contribution >= 4 is 11.8 Å². The lowest BCUT2D eigenvalue weighted by Crippen LogP contribution is -2.49. The normalized spacial score (nSPS) is 22.3. The maximum Gasteiger partial charge on any atom is 0.248 e. The Balaban J connectivity index is 1.68. The third-order valence-corrected chi connectivity index (χ3v) is 4.94. The Hall–Kier alpha value is -1.88. The molecule has 2 amide bonds. The summed E-state index contributed by atoms with van der Waals surface area (Å²) in [5.74, 6) is -0.104. The summed E-state index contributed by atoms with van der Waals surface area (Å²) < 4.78 is 0. The molecule has 1 aromatic rings. The molecule has 2 N–H and O–H groups in total. The zero-order valence-electron chi connectivity index (χ0n) is 13.5. The average Bonchev–Trinajstić information content (AvgIpc) is 3.10. The summed E-state index contributed by atoms with van der Waals surface area (Å²) in [6.45, 7) is 3.54. The van der Waals surface area contributed by atoms with Crippen molar-refractivity contribution in [3.05, 3.63) is 35.4 Å². The van der Waals surface area contributed by atoms with Gasteiger partial charge in [0, 0.05) is 25.2 Å². The highest BCUT2D eigenvalue weighted by atomic mass is 16.2. The van der Waals surface area contributed by atoms with Gasteiger partial charge in [-0.3, -0.25) is 14.5 Å². The van der Waals surface area contributed by atoms with E-state index in [1.165, 1.54) is 0 Å². The van der Waals surface area contributed by atoms with Gasteiger partial charge in [-0.15, -0.1) is 0 Å². The van der Waals surface area contributed by atoms with E-state index in [-0.39, 0.29) is 6.04 Å². The van der Waals surface area contributed by atoms with Crippen LogP contribution in [-0.2, 0) is 11.3 Å². The van der Waals surface area contributed by atoms with Gasteiger partial charge in [-0.2, -0.15) is 0 Å². The molecule has 5 nitrogen and oxygen atoms in total. The second-order valence-corrected chi connectivity index (χ2v) is 6.58. The van der Waals surface area contributed by atoms with Gasteiger partial charge in [-0.25, -0.2) is 0 Å². The molecular weight excluding hydrogens is 290 g/mol. The highest BCUT2D eigenvalue weighted by Gasteiger charge is 2.32. The Bertz CT molecular complexity index is 564. The third kappa shape index (κ3) is 3.72. The number of amides is 2. The van der Waals surface area contributed by atoms with Crippen molar-refractivity contribution in [1.29, 1.82) is 0 Å². The first kappa shape index (κ1) is 16.0. The van der Waals surface area contributed by atoms with Gasteiger partial charge in [0.1, 0.15) is 0 Å². The molecule has 0 aromatic heterocycles. The molecule has 2 heterocycles. The van der Waals surface area contributed by atoms with Crippen LogP contribution in [-0.4, -0.2) is 47.3 Å². The Morgan fingerprint density at radius 1 is 1.00 bits per heavy atom. The minimum Gasteiger partial charge on any atom is -0.366 e. The molecule has 2 saturated heterocycles. The fourth-order valence-corrected chi connectivity index (χ4v) is 3.62. The van der Waals surface area contributed by atoms with Crippen LogP contribution in [0.2, 0.25) is 0 Å². The van der Waals surface area contributed by atoms with Crippen molar-refractivity contribution in [3.63, 3.8) is 0 Å². The topological polar surface area (TPSA) is 66.6 Å². The molecule has 0 bridgehead atoms. The fourth-order valence-electron chi connectivity index (χ4n) is 3.62. The van der Waals surface area contributed by atoms with E-state index in [4.69, 9.17) is 5.73 Å². The van der Waals surface area contributed by atoms with Crippen LogP contribution in [0.15, 0.2) is 24.3 Å². The number of primary amides is 1. The lowest BCUT2D eigenvalue weighted by Gasteiger charge is -2.36. The van der Waals surface area contributed by atoms with Gasteiger partial charge >= 0.3 is 0 Å². The molecule has 1 aromatic carbocycles. The fraction of sp³-hybridized carbons (Fsp3) is 0.556. The average molecular weight is 315 g/mol. The van der Waals surface area contributed by atoms with E-state index in [1.54, 1.807) is 12.1 Å². The lowest BCUT2D eigenvalue weighted by molar-refractivity contribution is -0.137. The summed E-state index contributed by atoms with van der Waals surface area (Å²) in [5.41, 5.74) is 6.93. The second kappa shape index (κ2) is 7.13. The number of nitrogens with two attached hydrogens (primary N) is 1. The molecule has 1 atom stereocenters. The molecule has 0 unspecified atom stereocenters. The highest BCUT2D eigenvalue weighted by Crippen LogP contribution is 2.23. The van der Waals surface area contributed by atoms with Gasteiger partial charge in [0.25, 0.3) is 0 Å². The van der Waals surface area contributed by atoms with Crippen LogP contribution in [0.5, 0.6) is 0 Å². The van der Waals surface area contributed by atoms with Gasteiger partial charge in [0.05, 0.1) is 6.04 Å². The first-order valence-corrected chi connectivity index (χ1v) is 8.57. The number of carbonyl (C=O) groups is 2. The van der Waals surface area contributed by atoms with E-state index in [9.17, 15) is 9.59 Å². The number of benzene rings is 1. The maximum absolute atomic E-state index is 12.8. The SMILES string of the molecule is NC(=O)c1ccc(CN2CCCC[C@@H]2C(=O)N2CCCC2)cc1. The van der Waals surface area contributed by atoms with E-state index >= 15 is 0 Å². The molecule has 23 heavy (non-hydrogen) atoms. The predicted octanol–water partition coefficient (Wildman–Crippen LogP) is 1.76. The van der Waals surface area contributed by atoms with Gasteiger partial charge in [-0.05, 0) is 49.9 Å². The molecule has 2 fully saturated rings. The van der Waals surface area contributed by atoms with Crippen LogP contribution < -0.4 is 5.73 Å².